The third kappa shape index (κ3) is 4.93. The first-order valence-electron chi connectivity index (χ1n) is 11.8. The fraction of sp³-hybridized carbons (Fsp3) is 0.519. The van der Waals surface area contributed by atoms with Crippen molar-refractivity contribution in [3.05, 3.63) is 53.1 Å². The van der Waals surface area contributed by atoms with Gasteiger partial charge in [-0.25, -0.2) is 0 Å². The number of aryl methyl sites for hydroxylation is 2. The second-order valence-electron chi connectivity index (χ2n) is 10.2. The summed E-state index contributed by atoms with van der Waals surface area (Å²) in [5.41, 5.74) is 4.23. The van der Waals surface area contributed by atoms with E-state index >= 15 is 0 Å². The molecule has 0 spiro atoms. The fourth-order valence-electron chi connectivity index (χ4n) is 5.08. The number of rotatable bonds is 6. The zero-order valence-electron chi connectivity index (χ0n) is 20.8. The lowest BCUT2D eigenvalue weighted by Gasteiger charge is -2.39. The normalized spacial score (nSPS) is 22.3. The van der Waals surface area contributed by atoms with Crippen molar-refractivity contribution in [3.8, 4) is 11.5 Å². The largest absolute Gasteiger partial charge is 0.457 e. The topological polar surface area (TPSA) is 54.0 Å². The fourth-order valence-corrected chi connectivity index (χ4v) is 5.08. The quantitative estimate of drug-likeness (QED) is 0.719. The Balaban J connectivity index is 1.58. The van der Waals surface area contributed by atoms with Gasteiger partial charge < -0.3 is 19.7 Å². The number of hydrogen-bond donors (Lipinski definition) is 1. The molecular formula is C27H37N3O3. The minimum absolute atomic E-state index is 0.106. The lowest BCUT2D eigenvalue weighted by Crippen LogP contribution is -2.59. The van der Waals surface area contributed by atoms with Gasteiger partial charge >= 0.3 is 0 Å². The van der Waals surface area contributed by atoms with Crippen LogP contribution in [0.4, 0.5) is 5.69 Å². The molecule has 0 saturated carbocycles. The molecule has 0 radical (unpaired) electrons. The highest BCUT2D eigenvalue weighted by molar-refractivity contribution is 5.98. The van der Waals surface area contributed by atoms with Gasteiger partial charge in [0.1, 0.15) is 11.5 Å². The molecule has 0 aromatic heterocycles. The number of benzene rings is 2. The third-order valence-electron chi connectivity index (χ3n) is 6.90. The molecule has 6 heteroatoms. The number of fused-ring (bicyclic) bond motifs is 1. The molecular weight excluding hydrogens is 414 g/mol. The van der Waals surface area contributed by atoms with Crippen molar-refractivity contribution in [3.63, 3.8) is 0 Å². The third-order valence-corrected chi connectivity index (χ3v) is 6.90. The summed E-state index contributed by atoms with van der Waals surface area (Å²) in [4.78, 5) is 17.8. The Morgan fingerprint density at radius 1 is 1.18 bits per heavy atom. The first-order chi connectivity index (χ1) is 15.7. The average molecular weight is 452 g/mol. The molecule has 1 amide bonds. The van der Waals surface area contributed by atoms with Gasteiger partial charge in [0.2, 0.25) is 5.91 Å². The van der Waals surface area contributed by atoms with E-state index in [1.807, 2.05) is 23.1 Å². The van der Waals surface area contributed by atoms with Crippen molar-refractivity contribution in [2.75, 3.05) is 44.8 Å². The van der Waals surface area contributed by atoms with Crippen LogP contribution in [-0.2, 0) is 14.9 Å². The van der Waals surface area contributed by atoms with Crippen LogP contribution in [0, 0.1) is 13.8 Å². The van der Waals surface area contributed by atoms with E-state index in [9.17, 15) is 4.79 Å². The van der Waals surface area contributed by atoms with Gasteiger partial charge in [-0.05, 0) is 43.5 Å². The SMILES string of the molecule is COC[C@H]1CN[C@H](C)CN1CC(=O)N1CC(C)(C)c2ccc(Oc3c(C)cccc3C)cc21. The number of nitrogens with one attached hydrogen (secondary N) is 1. The van der Waals surface area contributed by atoms with E-state index in [-0.39, 0.29) is 17.4 Å². The second kappa shape index (κ2) is 9.45. The number of anilines is 1. The molecule has 4 rings (SSSR count). The highest BCUT2D eigenvalue weighted by Crippen LogP contribution is 2.43. The maximum absolute atomic E-state index is 13.6. The summed E-state index contributed by atoms with van der Waals surface area (Å²) < 4.78 is 11.7. The monoisotopic (exact) mass is 451 g/mol. The van der Waals surface area contributed by atoms with Crippen LogP contribution in [-0.4, -0.2) is 62.8 Å². The van der Waals surface area contributed by atoms with E-state index in [0.29, 0.717) is 25.7 Å². The molecule has 2 aliphatic heterocycles. The van der Waals surface area contributed by atoms with E-state index in [1.54, 1.807) is 7.11 Å². The van der Waals surface area contributed by atoms with E-state index in [1.165, 1.54) is 5.56 Å². The van der Waals surface area contributed by atoms with Crippen LogP contribution in [0.1, 0.15) is 37.5 Å². The maximum atomic E-state index is 13.6. The van der Waals surface area contributed by atoms with Crippen molar-refractivity contribution in [1.29, 1.82) is 0 Å². The van der Waals surface area contributed by atoms with Gasteiger partial charge in [0.05, 0.1) is 18.8 Å². The van der Waals surface area contributed by atoms with Crippen LogP contribution < -0.4 is 15.0 Å². The van der Waals surface area contributed by atoms with Crippen LogP contribution >= 0.6 is 0 Å². The van der Waals surface area contributed by atoms with Gasteiger partial charge in [-0.2, -0.15) is 0 Å². The molecule has 2 aromatic carbocycles. The standard InChI is InChI=1S/C27H37N3O3/c1-18-8-7-9-19(2)26(18)33-22-10-11-23-24(12-22)30(17-27(23,4)5)25(31)15-29-14-20(3)28-13-21(29)16-32-6/h7-12,20-21,28H,13-17H2,1-6H3/t20-,21-/m1/s1. The van der Waals surface area contributed by atoms with E-state index in [2.05, 4.69) is 63.0 Å². The number of para-hydroxylation sites is 1. The number of carbonyl (C=O) groups is 1. The summed E-state index contributed by atoms with van der Waals surface area (Å²) in [7, 11) is 1.72. The molecule has 2 heterocycles. The number of methoxy groups -OCH3 is 1. The summed E-state index contributed by atoms with van der Waals surface area (Å²) >= 11 is 0. The van der Waals surface area contributed by atoms with E-state index < -0.39 is 0 Å². The Kier molecular flexibility index (Phi) is 6.80. The molecule has 0 aliphatic carbocycles. The second-order valence-corrected chi connectivity index (χ2v) is 10.2. The average Bonchev–Trinajstić information content (AvgIpc) is 3.03. The Morgan fingerprint density at radius 3 is 2.61 bits per heavy atom. The predicted octanol–water partition coefficient (Wildman–Crippen LogP) is 4.03. The molecule has 1 saturated heterocycles. The highest BCUT2D eigenvalue weighted by Gasteiger charge is 2.39. The Bertz CT molecular complexity index is 999. The summed E-state index contributed by atoms with van der Waals surface area (Å²) in [6.07, 6.45) is 0. The minimum Gasteiger partial charge on any atom is -0.457 e. The van der Waals surface area contributed by atoms with Gasteiger partial charge in [-0.1, -0.05) is 38.1 Å². The van der Waals surface area contributed by atoms with Crippen molar-refractivity contribution in [2.45, 2.75) is 52.1 Å². The maximum Gasteiger partial charge on any atom is 0.241 e. The van der Waals surface area contributed by atoms with Crippen molar-refractivity contribution in [1.82, 2.24) is 10.2 Å². The van der Waals surface area contributed by atoms with E-state index in [0.717, 1.165) is 41.4 Å². The van der Waals surface area contributed by atoms with Crippen molar-refractivity contribution in [2.24, 2.45) is 0 Å². The van der Waals surface area contributed by atoms with Gasteiger partial charge in [-0.3, -0.25) is 9.69 Å². The molecule has 2 aliphatic rings. The van der Waals surface area contributed by atoms with Crippen LogP contribution in [0.25, 0.3) is 0 Å². The Hall–Kier alpha value is -2.41. The number of carbonyl (C=O) groups excluding carboxylic acids is 1. The summed E-state index contributed by atoms with van der Waals surface area (Å²) in [5.74, 6) is 1.76. The molecule has 1 N–H and O–H groups in total. The van der Waals surface area contributed by atoms with Gasteiger partial charge in [0, 0.05) is 50.3 Å². The van der Waals surface area contributed by atoms with Crippen LogP contribution in [0.3, 0.4) is 0 Å². The summed E-state index contributed by atoms with van der Waals surface area (Å²) in [6.45, 7) is 14.0. The van der Waals surface area contributed by atoms with E-state index in [4.69, 9.17) is 9.47 Å². The molecule has 6 nitrogen and oxygen atoms in total. The molecule has 0 unspecified atom stereocenters. The Labute approximate surface area is 197 Å². The highest BCUT2D eigenvalue weighted by atomic mass is 16.5. The first kappa shape index (κ1) is 23.7. The molecule has 1 fully saturated rings. The molecule has 2 atom stereocenters. The lowest BCUT2D eigenvalue weighted by molar-refractivity contribution is -0.121. The number of piperazine rings is 1. The summed E-state index contributed by atoms with van der Waals surface area (Å²) in [6, 6.07) is 12.9. The zero-order valence-corrected chi connectivity index (χ0v) is 20.8. The molecule has 0 bridgehead atoms. The molecule has 2 aromatic rings. The number of ether oxygens (including phenoxy) is 2. The van der Waals surface area contributed by atoms with Crippen molar-refractivity contribution >= 4 is 11.6 Å². The van der Waals surface area contributed by atoms with Crippen LogP contribution in [0.5, 0.6) is 11.5 Å². The zero-order chi connectivity index (χ0) is 23.8. The van der Waals surface area contributed by atoms with Crippen molar-refractivity contribution < 1.29 is 14.3 Å². The van der Waals surface area contributed by atoms with Gasteiger partial charge in [0.25, 0.3) is 0 Å². The molecule has 33 heavy (non-hydrogen) atoms. The number of nitrogens with zero attached hydrogens (tertiary/aromatic N) is 2. The molecule has 178 valence electrons. The lowest BCUT2D eigenvalue weighted by atomic mass is 9.87. The number of hydrogen-bond acceptors (Lipinski definition) is 5. The Morgan fingerprint density at radius 2 is 1.91 bits per heavy atom. The first-order valence-corrected chi connectivity index (χ1v) is 11.8. The summed E-state index contributed by atoms with van der Waals surface area (Å²) in [5, 5.41) is 3.49. The van der Waals surface area contributed by atoms with Crippen LogP contribution in [0.15, 0.2) is 36.4 Å². The predicted molar refractivity (Wildman–Crippen MR) is 133 cm³/mol. The van der Waals surface area contributed by atoms with Gasteiger partial charge in [0.15, 0.2) is 0 Å². The number of amides is 1. The smallest absolute Gasteiger partial charge is 0.241 e. The minimum atomic E-state index is -0.106. The van der Waals surface area contributed by atoms with Gasteiger partial charge in [-0.15, -0.1) is 0 Å². The van der Waals surface area contributed by atoms with Crippen LogP contribution in [0.2, 0.25) is 0 Å².